The number of benzene rings is 2. The summed E-state index contributed by atoms with van der Waals surface area (Å²) in [5.41, 5.74) is 4.02. The van der Waals surface area contributed by atoms with Crippen LogP contribution in [0.15, 0.2) is 47.8 Å². The molecule has 1 saturated heterocycles. The van der Waals surface area contributed by atoms with E-state index in [-0.39, 0.29) is 18.8 Å². The Morgan fingerprint density at radius 2 is 1.93 bits per heavy atom. The van der Waals surface area contributed by atoms with Gasteiger partial charge in [-0.25, -0.2) is 4.98 Å². The molecule has 6 nitrogen and oxygen atoms in total. The zero-order valence-electron chi connectivity index (χ0n) is 15.7. The monoisotopic (exact) mass is 408 g/mol. The smallest absolute Gasteiger partial charge is 0.249 e. The zero-order valence-corrected chi connectivity index (χ0v) is 16.5. The molecule has 2 aromatic carbocycles. The normalized spacial score (nSPS) is 17.4. The van der Waals surface area contributed by atoms with Crippen molar-refractivity contribution >= 4 is 17.2 Å². The van der Waals surface area contributed by atoms with Crippen molar-refractivity contribution in [3.05, 3.63) is 53.4 Å². The van der Waals surface area contributed by atoms with Gasteiger partial charge in [0.05, 0.1) is 5.69 Å². The molecule has 1 N–H and O–H groups in total. The van der Waals surface area contributed by atoms with Crippen molar-refractivity contribution in [3.8, 4) is 33.3 Å². The van der Waals surface area contributed by atoms with Crippen LogP contribution in [0.5, 0.6) is 11.5 Å². The molecule has 1 fully saturated rings. The van der Waals surface area contributed by atoms with E-state index < -0.39 is 0 Å². The maximum atomic E-state index is 12.1. The molecule has 0 aliphatic carbocycles. The van der Waals surface area contributed by atoms with Crippen LogP contribution >= 0.6 is 11.3 Å². The Morgan fingerprint density at radius 1 is 1.10 bits per heavy atom. The molecule has 148 valence electrons. The number of rotatable bonds is 5. The lowest BCUT2D eigenvalue weighted by Crippen LogP contribution is -2.33. The number of nitrogens with one attached hydrogen (secondary N) is 1. The predicted molar refractivity (Wildman–Crippen MR) is 110 cm³/mol. The lowest BCUT2D eigenvalue weighted by molar-refractivity contribution is -0.130. The molecule has 0 bridgehead atoms. The molecule has 1 amide bonds. The van der Waals surface area contributed by atoms with Gasteiger partial charge in [0, 0.05) is 29.7 Å². The van der Waals surface area contributed by atoms with Crippen molar-refractivity contribution < 1.29 is 19.0 Å². The zero-order chi connectivity index (χ0) is 19.6. The minimum absolute atomic E-state index is 0.0279. The number of thiazole rings is 1. The molecule has 7 heteroatoms. The number of nitrogens with zero attached hydrogens (tertiary/aromatic N) is 1. The third-order valence-corrected chi connectivity index (χ3v) is 5.95. The van der Waals surface area contributed by atoms with Gasteiger partial charge in [-0.2, -0.15) is 0 Å². The summed E-state index contributed by atoms with van der Waals surface area (Å²) < 4.78 is 16.2. The van der Waals surface area contributed by atoms with Crippen LogP contribution in [0.3, 0.4) is 0 Å². The Balaban J connectivity index is 1.25. The Hall–Kier alpha value is -2.90. The standard InChI is InChI=1S/C22H20N2O4S/c25-21(19-2-1-9-26-19)23-11-14-3-5-15(6-4-14)22-24-17(12-29-22)16-7-8-18-20(10-16)28-13-27-18/h3-8,10,12,19H,1-2,9,11,13H2,(H,23,25). The fraction of sp³-hybridized carbons (Fsp3) is 0.273. The first-order valence-corrected chi connectivity index (χ1v) is 10.5. The van der Waals surface area contributed by atoms with Crippen molar-refractivity contribution in [2.24, 2.45) is 0 Å². The van der Waals surface area contributed by atoms with Crippen LogP contribution in [0.25, 0.3) is 21.8 Å². The first-order valence-electron chi connectivity index (χ1n) is 9.60. The molecule has 0 spiro atoms. The highest BCUT2D eigenvalue weighted by Crippen LogP contribution is 2.37. The molecular formula is C22H20N2O4S. The highest BCUT2D eigenvalue weighted by atomic mass is 32.1. The molecule has 3 aromatic rings. The van der Waals surface area contributed by atoms with Crippen molar-refractivity contribution in [1.29, 1.82) is 0 Å². The van der Waals surface area contributed by atoms with E-state index in [2.05, 4.69) is 5.32 Å². The van der Waals surface area contributed by atoms with Crippen molar-refractivity contribution in [3.63, 3.8) is 0 Å². The lowest BCUT2D eigenvalue weighted by Gasteiger charge is -2.10. The fourth-order valence-electron chi connectivity index (χ4n) is 3.45. The molecule has 5 rings (SSSR count). The summed E-state index contributed by atoms with van der Waals surface area (Å²) in [6.45, 7) is 1.44. The highest BCUT2D eigenvalue weighted by Gasteiger charge is 2.23. The molecule has 0 saturated carbocycles. The van der Waals surface area contributed by atoms with Crippen LogP contribution in [-0.2, 0) is 16.1 Å². The van der Waals surface area contributed by atoms with Crippen LogP contribution in [-0.4, -0.2) is 30.4 Å². The van der Waals surface area contributed by atoms with Crippen LogP contribution in [0, 0.1) is 0 Å². The summed E-state index contributed by atoms with van der Waals surface area (Å²) in [5, 5.41) is 5.94. The second-order valence-electron chi connectivity index (χ2n) is 7.02. The number of fused-ring (bicyclic) bond motifs is 1. The predicted octanol–water partition coefficient (Wildman–Crippen LogP) is 4.00. The van der Waals surface area contributed by atoms with Crippen LogP contribution in [0.1, 0.15) is 18.4 Å². The number of ether oxygens (including phenoxy) is 3. The summed E-state index contributed by atoms with van der Waals surface area (Å²) in [6.07, 6.45) is 1.47. The number of amides is 1. The number of hydrogen-bond acceptors (Lipinski definition) is 6. The Bertz CT molecular complexity index is 1030. The van der Waals surface area contributed by atoms with E-state index in [0.717, 1.165) is 51.7 Å². The van der Waals surface area contributed by atoms with E-state index in [4.69, 9.17) is 19.2 Å². The Morgan fingerprint density at radius 3 is 2.76 bits per heavy atom. The minimum Gasteiger partial charge on any atom is -0.454 e. The average molecular weight is 408 g/mol. The molecule has 2 aliphatic rings. The molecule has 29 heavy (non-hydrogen) atoms. The summed E-state index contributed by atoms with van der Waals surface area (Å²) >= 11 is 1.60. The van der Waals surface area contributed by atoms with Gasteiger partial charge >= 0.3 is 0 Å². The molecule has 3 heterocycles. The summed E-state index contributed by atoms with van der Waals surface area (Å²) in [6, 6.07) is 14.0. The summed E-state index contributed by atoms with van der Waals surface area (Å²) in [7, 11) is 0. The van der Waals surface area contributed by atoms with E-state index in [0.29, 0.717) is 13.2 Å². The van der Waals surface area contributed by atoms with Gasteiger partial charge in [-0.05, 0) is 36.6 Å². The molecule has 1 aromatic heterocycles. The first-order chi connectivity index (χ1) is 14.3. The van der Waals surface area contributed by atoms with Crippen LogP contribution in [0.4, 0.5) is 0 Å². The maximum Gasteiger partial charge on any atom is 0.249 e. The van der Waals surface area contributed by atoms with Gasteiger partial charge in [0.2, 0.25) is 12.7 Å². The molecule has 1 unspecified atom stereocenters. The molecule has 2 aliphatic heterocycles. The van der Waals surface area contributed by atoms with Crippen molar-refractivity contribution in [2.75, 3.05) is 13.4 Å². The van der Waals surface area contributed by atoms with Crippen LogP contribution < -0.4 is 14.8 Å². The molecule has 0 radical (unpaired) electrons. The van der Waals surface area contributed by atoms with Gasteiger partial charge in [0.1, 0.15) is 11.1 Å². The second-order valence-corrected chi connectivity index (χ2v) is 7.88. The van der Waals surface area contributed by atoms with Gasteiger partial charge in [-0.3, -0.25) is 4.79 Å². The Labute approximate surface area is 172 Å². The van der Waals surface area contributed by atoms with Gasteiger partial charge in [0.15, 0.2) is 11.5 Å². The van der Waals surface area contributed by atoms with Crippen LogP contribution in [0.2, 0.25) is 0 Å². The third-order valence-electron chi connectivity index (χ3n) is 5.06. The first kappa shape index (κ1) is 18.1. The topological polar surface area (TPSA) is 69.7 Å². The van der Waals surface area contributed by atoms with Gasteiger partial charge < -0.3 is 19.5 Å². The third kappa shape index (κ3) is 3.83. The molecule has 1 atom stereocenters. The summed E-state index contributed by atoms with van der Waals surface area (Å²) in [5.74, 6) is 1.50. The van der Waals surface area contributed by atoms with E-state index in [1.807, 2.05) is 47.8 Å². The highest BCUT2D eigenvalue weighted by molar-refractivity contribution is 7.13. The minimum atomic E-state index is -0.292. The SMILES string of the molecule is O=C(NCc1ccc(-c2nc(-c3ccc4c(c3)OCO4)cs2)cc1)C1CCCO1. The summed E-state index contributed by atoms with van der Waals surface area (Å²) in [4.78, 5) is 16.8. The number of carbonyl (C=O) groups excluding carboxylic acids is 1. The Kier molecular flexibility index (Phi) is 4.91. The number of hydrogen-bond donors (Lipinski definition) is 1. The average Bonchev–Trinajstić information content (AvgIpc) is 3.53. The number of carbonyl (C=O) groups is 1. The quantitative estimate of drug-likeness (QED) is 0.691. The van der Waals surface area contributed by atoms with Gasteiger partial charge in [-0.1, -0.05) is 24.3 Å². The second kappa shape index (κ2) is 7.85. The van der Waals surface area contributed by atoms with Crippen molar-refractivity contribution in [1.82, 2.24) is 10.3 Å². The van der Waals surface area contributed by atoms with Crippen molar-refractivity contribution in [2.45, 2.75) is 25.5 Å². The lowest BCUT2D eigenvalue weighted by atomic mass is 10.1. The maximum absolute atomic E-state index is 12.1. The van der Waals surface area contributed by atoms with E-state index >= 15 is 0 Å². The molecular weight excluding hydrogens is 388 g/mol. The fourth-order valence-corrected chi connectivity index (χ4v) is 4.28. The van der Waals surface area contributed by atoms with E-state index in [9.17, 15) is 4.79 Å². The van der Waals surface area contributed by atoms with E-state index in [1.54, 1.807) is 11.3 Å². The van der Waals surface area contributed by atoms with Gasteiger partial charge in [-0.15, -0.1) is 11.3 Å². The van der Waals surface area contributed by atoms with E-state index in [1.165, 1.54) is 0 Å². The van der Waals surface area contributed by atoms with Gasteiger partial charge in [0.25, 0.3) is 0 Å². The number of aromatic nitrogens is 1. The largest absolute Gasteiger partial charge is 0.454 e.